The summed E-state index contributed by atoms with van der Waals surface area (Å²) in [5.74, 6) is 6.79. The lowest BCUT2D eigenvalue weighted by Gasteiger charge is -2.18. The molecule has 2 fully saturated rings. The Morgan fingerprint density at radius 3 is 2.81 bits per heavy atom. The van der Waals surface area contributed by atoms with Gasteiger partial charge in [-0.15, -0.1) is 5.92 Å². The first-order chi connectivity index (χ1) is 10.2. The van der Waals surface area contributed by atoms with Gasteiger partial charge in [0.2, 0.25) is 5.91 Å². The molecule has 0 aromatic rings. The molecule has 1 amide bonds. The number of carbonyl (C=O) groups excluding carboxylic acids is 1. The fraction of sp³-hybridized carbons (Fsp3) is 0.562. The van der Waals surface area contributed by atoms with E-state index in [9.17, 15) is 4.79 Å². The number of carbonyl (C=O) groups is 1. The molecule has 21 heavy (non-hydrogen) atoms. The minimum absolute atomic E-state index is 0.218. The molecule has 0 aromatic heterocycles. The molecule has 112 valence electrons. The number of hydrogen-bond acceptors (Lipinski definition) is 4. The molecule has 1 saturated carbocycles. The van der Waals surface area contributed by atoms with Crippen molar-refractivity contribution in [1.82, 2.24) is 10.2 Å². The molecule has 0 radical (unpaired) electrons. The highest BCUT2D eigenvalue weighted by atomic mass is 16.2. The van der Waals surface area contributed by atoms with Crippen LogP contribution in [0.3, 0.4) is 0 Å². The molecule has 2 rings (SSSR count). The zero-order valence-electron chi connectivity index (χ0n) is 12.7. The zero-order chi connectivity index (χ0) is 15.2. The molecule has 1 atom stereocenters. The predicted molar refractivity (Wildman–Crippen MR) is 85.0 cm³/mol. The number of aliphatic imine (C=N–C) groups is 2. The fourth-order valence-corrected chi connectivity index (χ4v) is 2.38. The molecule has 2 aliphatic rings. The number of hydrogen-bond donors (Lipinski definition) is 1. The van der Waals surface area contributed by atoms with E-state index in [1.54, 1.807) is 13.1 Å². The van der Waals surface area contributed by atoms with Crippen LogP contribution >= 0.6 is 0 Å². The molecule has 0 aromatic carbocycles. The van der Waals surface area contributed by atoms with Gasteiger partial charge >= 0.3 is 0 Å². The maximum atomic E-state index is 12.0. The SMILES string of the molecule is C=N/C(NC1CCN(C(=O)C2CC2)C1)=C(\C)N=CC#CC. The maximum absolute atomic E-state index is 12.0. The first-order valence-corrected chi connectivity index (χ1v) is 7.33. The summed E-state index contributed by atoms with van der Waals surface area (Å²) >= 11 is 0. The van der Waals surface area contributed by atoms with Crippen molar-refractivity contribution in [2.45, 2.75) is 39.2 Å². The van der Waals surface area contributed by atoms with E-state index >= 15 is 0 Å². The minimum atomic E-state index is 0.218. The Kier molecular flexibility index (Phi) is 5.15. The van der Waals surface area contributed by atoms with Crippen LogP contribution in [0.25, 0.3) is 0 Å². The van der Waals surface area contributed by atoms with E-state index in [0.717, 1.165) is 38.0 Å². The van der Waals surface area contributed by atoms with Crippen molar-refractivity contribution < 1.29 is 4.79 Å². The van der Waals surface area contributed by atoms with Gasteiger partial charge in [-0.25, -0.2) is 9.98 Å². The van der Waals surface area contributed by atoms with Crippen molar-refractivity contribution in [3.8, 4) is 11.8 Å². The topological polar surface area (TPSA) is 57.1 Å². The average molecular weight is 286 g/mol. The first kappa shape index (κ1) is 15.3. The van der Waals surface area contributed by atoms with Crippen molar-refractivity contribution >= 4 is 18.8 Å². The van der Waals surface area contributed by atoms with Crippen LogP contribution in [0, 0.1) is 17.8 Å². The third kappa shape index (κ3) is 4.19. The second kappa shape index (κ2) is 7.07. The van der Waals surface area contributed by atoms with E-state index in [4.69, 9.17) is 0 Å². The van der Waals surface area contributed by atoms with Crippen LogP contribution in [0.1, 0.15) is 33.1 Å². The molecule has 0 bridgehead atoms. The smallest absolute Gasteiger partial charge is 0.225 e. The van der Waals surface area contributed by atoms with Gasteiger partial charge < -0.3 is 10.2 Å². The molecule has 5 heteroatoms. The Bertz CT molecular complexity index is 534. The van der Waals surface area contributed by atoms with Gasteiger partial charge in [-0.2, -0.15) is 0 Å². The van der Waals surface area contributed by atoms with Gasteiger partial charge in [0.25, 0.3) is 0 Å². The summed E-state index contributed by atoms with van der Waals surface area (Å²) in [4.78, 5) is 22.2. The van der Waals surface area contributed by atoms with E-state index in [2.05, 4.69) is 33.9 Å². The van der Waals surface area contributed by atoms with Gasteiger partial charge in [0.15, 0.2) is 0 Å². The van der Waals surface area contributed by atoms with E-state index in [-0.39, 0.29) is 12.0 Å². The molecule has 1 aliphatic heterocycles. The number of nitrogens with zero attached hydrogens (tertiary/aromatic N) is 3. The normalized spacial score (nSPS) is 22.6. The van der Waals surface area contributed by atoms with E-state index < -0.39 is 0 Å². The molecule has 0 spiro atoms. The highest BCUT2D eigenvalue weighted by Gasteiger charge is 2.36. The Morgan fingerprint density at radius 1 is 1.43 bits per heavy atom. The Balaban J connectivity index is 1.92. The Morgan fingerprint density at radius 2 is 2.19 bits per heavy atom. The summed E-state index contributed by atoms with van der Waals surface area (Å²) in [6.45, 7) is 8.77. The summed E-state index contributed by atoms with van der Waals surface area (Å²) in [7, 11) is 0. The minimum Gasteiger partial charge on any atom is -0.364 e. The highest BCUT2D eigenvalue weighted by molar-refractivity contribution is 5.81. The van der Waals surface area contributed by atoms with E-state index in [1.807, 2.05) is 11.8 Å². The number of nitrogens with one attached hydrogen (secondary N) is 1. The van der Waals surface area contributed by atoms with Gasteiger partial charge in [0, 0.05) is 25.0 Å². The van der Waals surface area contributed by atoms with Crippen molar-refractivity contribution in [3.05, 3.63) is 11.5 Å². The summed E-state index contributed by atoms with van der Waals surface area (Å²) in [5.41, 5.74) is 0.750. The molecule has 1 unspecified atom stereocenters. The van der Waals surface area contributed by atoms with Gasteiger partial charge in [0.05, 0.1) is 11.9 Å². The number of amides is 1. The van der Waals surface area contributed by atoms with Crippen LogP contribution < -0.4 is 5.32 Å². The van der Waals surface area contributed by atoms with Gasteiger partial charge in [0.1, 0.15) is 5.82 Å². The van der Waals surface area contributed by atoms with Crippen LogP contribution in [0.5, 0.6) is 0 Å². The largest absolute Gasteiger partial charge is 0.364 e. The molecular weight excluding hydrogens is 264 g/mol. The molecule has 5 nitrogen and oxygen atoms in total. The van der Waals surface area contributed by atoms with Crippen LogP contribution in [-0.4, -0.2) is 42.9 Å². The summed E-state index contributed by atoms with van der Waals surface area (Å²) in [6, 6.07) is 0.218. The number of allylic oxidation sites excluding steroid dienone is 1. The van der Waals surface area contributed by atoms with Crippen LogP contribution in [0.4, 0.5) is 0 Å². The third-order valence-electron chi connectivity index (χ3n) is 3.74. The van der Waals surface area contributed by atoms with Crippen molar-refractivity contribution in [1.29, 1.82) is 0 Å². The second-order valence-electron chi connectivity index (χ2n) is 5.43. The zero-order valence-corrected chi connectivity index (χ0v) is 12.7. The molecule has 1 saturated heterocycles. The fourth-order valence-electron chi connectivity index (χ4n) is 2.38. The van der Waals surface area contributed by atoms with Crippen molar-refractivity contribution in [2.24, 2.45) is 15.9 Å². The predicted octanol–water partition coefficient (Wildman–Crippen LogP) is 1.57. The summed E-state index contributed by atoms with van der Waals surface area (Å²) < 4.78 is 0. The molecular formula is C16H22N4O. The average Bonchev–Trinajstić information content (AvgIpc) is 3.23. The standard InChI is InChI=1S/C16H22N4O/c1-4-5-9-18-12(2)15(17-3)19-14-8-10-20(11-14)16(21)13-6-7-13/h9,13-14,19H,3,6-8,10-11H2,1-2H3/b15-12-,18-9?. The maximum Gasteiger partial charge on any atom is 0.225 e. The van der Waals surface area contributed by atoms with Crippen molar-refractivity contribution in [2.75, 3.05) is 13.1 Å². The lowest BCUT2D eigenvalue weighted by Crippen LogP contribution is -2.35. The monoisotopic (exact) mass is 286 g/mol. The van der Waals surface area contributed by atoms with Gasteiger partial charge in [-0.3, -0.25) is 4.79 Å². The highest BCUT2D eigenvalue weighted by Crippen LogP contribution is 2.32. The van der Waals surface area contributed by atoms with Crippen LogP contribution in [-0.2, 0) is 4.79 Å². The van der Waals surface area contributed by atoms with E-state index in [0.29, 0.717) is 11.7 Å². The molecule has 1 aliphatic carbocycles. The number of rotatable bonds is 5. The van der Waals surface area contributed by atoms with E-state index in [1.165, 1.54) is 0 Å². The molecule has 1 heterocycles. The molecule has 1 N–H and O–H groups in total. The quantitative estimate of drug-likeness (QED) is 0.616. The Labute approximate surface area is 126 Å². The lowest BCUT2D eigenvalue weighted by atomic mass is 10.2. The summed E-state index contributed by atoms with van der Waals surface area (Å²) in [5, 5.41) is 3.33. The van der Waals surface area contributed by atoms with Crippen molar-refractivity contribution in [3.63, 3.8) is 0 Å². The Hall–Kier alpha value is -2.09. The first-order valence-electron chi connectivity index (χ1n) is 7.33. The van der Waals surface area contributed by atoms with Crippen LogP contribution in [0.15, 0.2) is 21.5 Å². The summed E-state index contributed by atoms with van der Waals surface area (Å²) in [6.07, 6.45) is 4.60. The second-order valence-corrected chi connectivity index (χ2v) is 5.43. The van der Waals surface area contributed by atoms with Gasteiger partial charge in [-0.1, -0.05) is 5.92 Å². The van der Waals surface area contributed by atoms with Gasteiger partial charge in [-0.05, 0) is 39.8 Å². The lowest BCUT2D eigenvalue weighted by molar-refractivity contribution is -0.131. The third-order valence-corrected chi connectivity index (χ3v) is 3.74. The van der Waals surface area contributed by atoms with Crippen LogP contribution in [0.2, 0.25) is 0 Å². The number of likely N-dealkylation sites (tertiary alicyclic amines) is 1.